The molecule has 0 saturated carbocycles. The predicted octanol–water partition coefficient (Wildman–Crippen LogP) is 6.48. The van der Waals surface area contributed by atoms with E-state index in [1.807, 2.05) is 0 Å². The number of carbonyl (C=O) groups is 1. The molecule has 0 atom stereocenters. The van der Waals surface area contributed by atoms with E-state index in [2.05, 4.69) is 9.97 Å². The Kier molecular flexibility index (Phi) is 8.21. The molecule has 0 aliphatic rings. The fraction of sp³-hybridized carbons (Fsp3) is 0.194. The first-order chi connectivity index (χ1) is 20.1. The standard InChI is InChI=1S/C31H25F4N3O4/c1-17-3-4-21(22(32)11-17)16-42-30-25(35)15-24(34)29(37-30)19-6-5-18(23(33)12-19)14-28-36-26-8-7-20(31(39)40)13-27(26)38(28)9-10-41-2/h3-8,11-13,15H,9-10,14,16H2,1-2H3,(H,39,40). The number of rotatable bonds is 10. The van der Waals surface area contributed by atoms with Gasteiger partial charge in [-0.3, -0.25) is 0 Å². The first-order valence-corrected chi connectivity index (χ1v) is 12.9. The minimum Gasteiger partial charge on any atom is -0.478 e. The lowest BCUT2D eigenvalue weighted by molar-refractivity contribution is 0.0697. The molecule has 3 aromatic carbocycles. The van der Waals surface area contributed by atoms with Gasteiger partial charge in [0.2, 0.25) is 0 Å². The summed E-state index contributed by atoms with van der Waals surface area (Å²) in [5.74, 6) is -4.49. The summed E-state index contributed by atoms with van der Waals surface area (Å²) in [4.78, 5) is 20.0. The van der Waals surface area contributed by atoms with Crippen LogP contribution in [-0.2, 0) is 24.3 Å². The lowest BCUT2D eigenvalue weighted by Crippen LogP contribution is -2.10. The number of methoxy groups -OCH3 is 1. The predicted molar refractivity (Wildman–Crippen MR) is 146 cm³/mol. The van der Waals surface area contributed by atoms with E-state index < -0.39 is 35.1 Å². The Morgan fingerprint density at radius 2 is 1.64 bits per heavy atom. The van der Waals surface area contributed by atoms with Gasteiger partial charge >= 0.3 is 5.97 Å². The van der Waals surface area contributed by atoms with Crippen molar-refractivity contribution in [3.05, 3.63) is 112 Å². The van der Waals surface area contributed by atoms with Gasteiger partial charge in [0.05, 0.1) is 23.2 Å². The smallest absolute Gasteiger partial charge is 0.335 e. The van der Waals surface area contributed by atoms with Crippen LogP contribution in [0.5, 0.6) is 5.88 Å². The van der Waals surface area contributed by atoms with Gasteiger partial charge in [-0.05, 0) is 48.4 Å². The van der Waals surface area contributed by atoms with E-state index in [1.54, 1.807) is 23.6 Å². The van der Waals surface area contributed by atoms with Crippen molar-refractivity contribution in [2.75, 3.05) is 13.7 Å². The maximum absolute atomic E-state index is 15.4. The molecule has 0 aliphatic heterocycles. The Morgan fingerprint density at radius 3 is 2.36 bits per heavy atom. The molecule has 0 aliphatic carbocycles. The number of aromatic nitrogens is 3. The molecule has 0 bridgehead atoms. The van der Waals surface area contributed by atoms with Crippen LogP contribution in [-0.4, -0.2) is 39.3 Å². The van der Waals surface area contributed by atoms with Crippen molar-refractivity contribution in [2.24, 2.45) is 0 Å². The van der Waals surface area contributed by atoms with Gasteiger partial charge in [0.25, 0.3) is 5.88 Å². The number of carboxylic acids is 1. The number of benzene rings is 3. The fourth-order valence-electron chi connectivity index (χ4n) is 4.55. The minimum atomic E-state index is -1.09. The summed E-state index contributed by atoms with van der Waals surface area (Å²) in [6.45, 7) is 2.05. The summed E-state index contributed by atoms with van der Waals surface area (Å²) in [6.07, 6.45) is 0.0444. The molecule has 0 amide bonds. The average Bonchev–Trinajstić information content (AvgIpc) is 3.29. The number of hydrogen-bond acceptors (Lipinski definition) is 5. The van der Waals surface area contributed by atoms with Crippen LogP contribution in [0.25, 0.3) is 22.3 Å². The lowest BCUT2D eigenvalue weighted by atomic mass is 10.0. The highest BCUT2D eigenvalue weighted by Gasteiger charge is 2.19. The SMILES string of the molecule is COCCn1c(Cc2ccc(-c3nc(OCc4ccc(C)cc4F)c(F)cc3F)cc2F)nc2ccc(C(=O)O)cc21. The van der Waals surface area contributed by atoms with Crippen molar-refractivity contribution >= 4 is 17.0 Å². The van der Waals surface area contributed by atoms with Crippen LogP contribution >= 0.6 is 0 Å². The summed E-state index contributed by atoms with van der Waals surface area (Å²) in [6, 6.07) is 13.5. The van der Waals surface area contributed by atoms with Crippen molar-refractivity contribution in [1.82, 2.24) is 14.5 Å². The van der Waals surface area contributed by atoms with E-state index in [1.165, 1.54) is 43.5 Å². The molecule has 11 heteroatoms. The second-order valence-corrected chi connectivity index (χ2v) is 9.65. The van der Waals surface area contributed by atoms with Crippen LogP contribution in [0.4, 0.5) is 17.6 Å². The number of aryl methyl sites for hydroxylation is 1. The van der Waals surface area contributed by atoms with Crippen LogP contribution in [0.1, 0.15) is 32.9 Å². The van der Waals surface area contributed by atoms with Gasteiger partial charge in [0, 0.05) is 37.3 Å². The van der Waals surface area contributed by atoms with E-state index in [0.29, 0.717) is 41.6 Å². The molecule has 5 aromatic rings. The molecule has 0 radical (unpaired) electrons. The third-order valence-corrected chi connectivity index (χ3v) is 6.74. The largest absolute Gasteiger partial charge is 0.478 e. The second-order valence-electron chi connectivity index (χ2n) is 9.65. The van der Waals surface area contributed by atoms with Gasteiger partial charge in [0.1, 0.15) is 29.8 Å². The van der Waals surface area contributed by atoms with Crippen molar-refractivity contribution in [3.8, 4) is 17.1 Å². The van der Waals surface area contributed by atoms with Crippen molar-refractivity contribution in [1.29, 1.82) is 0 Å². The molecule has 0 unspecified atom stereocenters. The van der Waals surface area contributed by atoms with Crippen molar-refractivity contribution in [3.63, 3.8) is 0 Å². The molecule has 0 saturated heterocycles. The maximum Gasteiger partial charge on any atom is 0.335 e. The third-order valence-electron chi connectivity index (χ3n) is 6.74. The summed E-state index contributed by atoms with van der Waals surface area (Å²) < 4.78 is 71.0. The fourth-order valence-corrected chi connectivity index (χ4v) is 4.55. The molecular formula is C31H25F4N3O4. The first-order valence-electron chi connectivity index (χ1n) is 12.9. The van der Waals surface area contributed by atoms with Gasteiger partial charge in [-0.25, -0.2) is 32.3 Å². The number of aromatic carboxylic acids is 1. The van der Waals surface area contributed by atoms with Crippen LogP contribution in [0, 0.1) is 30.2 Å². The molecule has 0 fully saturated rings. The van der Waals surface area contributed by atoms with Gasteiger partial charge in [-0.1, -0.05) is 24.3 Å². The summed E-state index contributed by atoms with van der Waals surface area (Å²) in [5.41, 5.74) is 2.00. The molecule has 0 spiro atoms. The molecule has 2 heterocycles. The molecule has 7 nitrogen and oxygen atoms in total. The number of ether oxygens (including phenoxy) is 2. The van der Waals surface area contributed by atoms with Gasteiger partial charge < -0.3 is 19.1 Å². The van der Waals surface area contributed by atoms with E-state index in [-0.39, 0.29) is 41.0 Å². The maximum atomic E-state index is 15.4. The zero-order chi connectivity index (χ0) is 30.0. The summed E-state index contributed by atoms with van der Waals surface area (Å²) in [7, 11) is 1.53. The molecule has 216 valence electrons. The number of carboxylic acid groups (broad SMARTS) is 1. The molecule has 1 N–H and O–H groups in total. The van der Waals surface area contributed by atoms with Crippen LogP contribution in [0.2, 0.25) is 0 Å². The minimum absolute atomic E-state index is 0.0408. The number of fused-ring (bicyclic) bond motifs is 1. The van der Waals surface area contributed by atoms with Gasteiger partial charge in [-0.15, -0.1) is 0 Å². The zero-order valence-electron chi connectivity index (χ0n) is 22.6. The number of nitrogens with zero attached hydrogens (tertiary/aromatic N) is 3. The topological polar surface area (TPSA) is 86.5 Å². The second kappa shape index (κ2) is 12.0. The highest BCUT2D eigenvalue weighted by atomic mass is 19.1. The Balaban J connectivity index is 1.43. The molecule has 42 heavy (non-hydrogen) atoms. The van der Waals surface area contributed by atoms with E-state index >= 15 is 4.39 Å². The van der Waals surface area contributed by atoms with E-state index in [4.69, 9.17) is 9.47 Å². The van der Waals surface area contributed by atoms with Crippen LogP contribution < -0.4 is 4.74 Å². The number of hydrogen-bond donors (Lipinski definition) is 1. The number of pyridine rings is 1. The van der Waals surface area contributed by atoms with Crippen molar-refractivity contribution < 1.29 is 36.9 Å². The highest BCUT2D eigenvalue weighted by molar-refractivity contribution is 5.92. The third kappa shape index (κ3) is 5.96. The highest BCUT2D eigenvalue weighted by Crippen LogP contribution is 2.29. The molecular weight excluding hydrogens is 554 g/mol. The monoisotopic (exact) mass is 579 g/mol. The van der Waals surface area contributed by atoms with Gasteiger partial charge in [-0.2, -0.15) is 0 Å². The van der Waals surface area contributed by atoms with Gasteiger partial charge in [0.15, 0.2) is 11.6 Å². The quantitative estimate of drug-likeness (QED) is 0.191. The normalized spacial score (nSPS) is 11.3. The first kappa shape index (κ1) is 28.7. The van der Waals surface area contributed by atoms with Crippen LogP contribution in [0.3, 0.4) is 0 Å². The Bertz CT molecular complexity index is 1810. The van der Waals surface area contributed by atoms with E-state index in [0.717, 1.165) is 6.07 Å². The zero-order valence-corrected chi connectivity index (χ0v) is 22.6. The van der Waals surface area contributed by atoms with Crippen LogP contribution in [0.15, 0.2) is 60.7 Å². The average molecular weight is 580 g/mol. The number of imidazole rings is 1. The van der Waals surface area contributed by atoms with E-state index in [9.17, 15) is 23.1 Å². The summed E-state index contributed by atoms with van der Waals surface area (Å²) in [5, 5.41) is 9.38. The summed E-state index contributed by atoms with van der Waals surface area (Å²) >= 11 is 0. The molecule has 5 rings (SSSR count). The molecule has 2 aromatic heterocycles. The Labute approximate surface area is 238 Å². The van der Waals surface area contributed by atoms with Crippen molar-refractivity contribution in [2.45, 2.75) is 26.5 Å². The lowest BCUT2D eigenvalue weighted by Gasteiger charge is -2.12. The Hall–Kier alpha value is -4.77. The Morgan fingerprint density at radius 1 is 0.881 bits per heavy atom. The number of halogens is 4.